The Bertz CT molecular complexity index is 1160. The zero-order valence-electron chi connectivity index (χ0n) is 15.7. The number of hydrogen-bond acceptors (Lipinski definition) is 2. The van der Waals surface area contributed by atoms with E-state index in [1.54, 1.807) is 0 Å². The molecule has 27 heavy (non-hydrogen) atoms. The number of rotatable bonds is 3. The first-order chi connectivity index (χ1) is 13.0. The number of amides is 1. The first-order valence-electron chi connectivity index (χ1n) is 8.96. The van der Waals surface area contributed by atoms with E-state index < -0.39 is 0 Å². The molecule has 134 valence electrons. The lowest BCUT2D eigenvalue weighted by Crippen LogP contribution is -2.15. The predicted molar refractivity (Wildman–Crippen MR) is 109 cm³/mol. The van der Waals surface area contributed by atoms with Crippen LogP contribution in [0.5, 0.6) is 0 Å². The SMILES string of the molecule is Cc1ccn2c(NC(=O)c3ccccc3C)c(-c3ccccc3C)nc2c1. The van der Waals surface area contributed by atoms with Crippen LogP contribution in [0.25, 0.3) is 16.9 Å². The van der Waals surface area contributed by atoms with Crippen LogP contribution in [-0.2, 0) is 0 Å². The molecule has 0 atom stereocenters. The van der Waals surface area contributed by atoms with Crippen molar-refractivity contribution in [2.24, 2.45) is 0 Å². The first-order valence-corrected chi connectivity index (χ1v) is 8.96. The predicted octanol–water partition coefficient (Wildman–Crippen LogP) is 5.18. The molecule has 0 bridgehead atoms. The van der Waals surface area contributed by atoms with E-state index in [1.807, 2.05) is 79.0 Å². The average molecular weight is 355 g/mol. The van der Waals surface area contributed by atoms with Crippen LogP contribution in [-0.4, -0.2) is 15.3 Å². The molecule has 2 aromatic heterocycles. The van der Waals surface area contributed by atoms with Gasteiger partial charge in [-0.3, -0.25) is 9.20 Å². The zero-order chi connectivity index (χ0) is 19.0. The van der Waals surface area contributed by atoms with Crippen LogP contribution in [0.15, 0.2) is 66.9 Å². The minimum absolute atomic E-state index is 0.134. The molecule has 4 heteroatoms. The molecule has 4 aromatic rings. The molecule has 2 aromatic carbocycles. The van der Waals surface area contributed by atoms with Gasteiger partial charge in [0.15, 0.2) is 0 Å². The normalized spacial score (nSPS) is 10.9. The number of imidazole rings is 1. The summed E-state index contributed by atoms with van der Waals surface area (Å²) in [5, 5.41) is 3.10. The van der Waals surface area contributed by atoms with Crippen molar-refractivity contribution in [1.29, 1.82) is 0 Å². The second-order valence-electron chi connectivity index (χ2n) is 6.83. The summed E-state index contributed by atoms with van der Waals surface area (Å²) >= 11 is 0. The van der Waals surface area contributed by atoms with Crippen molar-refractivity contribution in [1.82, 2.24) is 9.38 Å². The summed E-state index contributed by atoms with van der Waals surface area (Å²) in [7, 11) is 0. The van der Waals surface area contributed by atoms with Gasteiger partial charge in [-0.05, 0) is 55.7 Å². The van der Waals surface area contributed by atoms with E-state index in [9.17, 15) is 4.79 Å². The van der Waals surface area contributed by atoms with Gasteiger partial charge in [0.1, 0.15) is 17.2 Å². The Morgan fingerprint density at radius 2 is 1.63 bits per heavy atom. The average Bonchev–Trinajstić information content (AvgIpc) is 2.99. The van der Waals surface area contributed by atoms with Crippen molar-refractivity contribution in [3.63, 3.8) is 0 Å². The van der Waals surface area contributed by atoms with Crippen LogP contribution in [0.3, 0.4) is 0 Å². The van der Waals surface area contributed by atoms with Gasteiger partial charge in [0, 0.05) is 17.3 Å². The Kier molecular flexibility index (Phi) is 4.24. The molecule has 0 saturated carbocycles. The van der Waals surface area contributed by atoms with Gasteiger partial charge >= 0.3 is 0 Å². The van der Waals surface area contributed by atoms with Gasteiger partial charge in [-0.25, -0.2) is 4.98 Å². The van der Waals surface area contributed by atoms with Crippen molar-refractivity contribution in [2.75, 3.05) is 5.32 Å². The zero-order valence-corrected chi connectivity index (χ0v) is 15.7. The minimum atomic E-state index is -0.134. The standard InChI is InChI=1S/C23H21N3O/c1-15-12-13-26-20(14-15)24-21(18-10-6-4-8-16(18)2)22(26)25-23(27)19-11-7-5-9-17(19)3/h4-14H,1-3H3,(H,25,27). The number of nitrogens with one attached hydrogen (secondary N) is 1. The molecule has 0 aliphatic rings. The number of benzene rings is 2. The molecular weight excluding hydrogens is 334 g/mol. The summed E-state index contributed by atoms with van der Waals surface area (Å²) < 4.78 is 1.94. The van der Waals surface area contributed by atoms with Gasteiger partial charge in [0.05, 0.1) is 0 Å². The topological polar surface area (TPSA) is 46.4 Å². The number of fused-ring (bicyclic) bond motifs is 1. The Hall–Kier alpha value is -3.40. The van der Waals surface area contributed by atoms with E-state index in [0.717, 1.165) is 33.6 Å². The maximum Gasteiger partial charge on any atom is 0.257 e. The lowest BCUT2D eigenvalue weighted by Gasteiger charge is -2.10. The maximum absolute atomic E-state index is 13.0. The highest BCUT2D eigenvalue weighted by Gasteiger charge is 2.19. The number of anilines is 1. The van der Waals surface area contributed by atoms with Crippen LogP contribution in [0.2, 0.25) is 0 Å². The molecular formula is C23H21N3O. The van der Waals surface area contributed by atoms with Gasteiger partial charge < -0.3 is 5.32 Å². The van der Waals surface area contributed by atoms with Gasteiger partial charge in [-0.15, -0.1) is 0 Å². The number of carbonyl (C=O) groups is 1. The van der Waals surface area contributed by atoms with Crippen molar-refractivity contribution >= 4 is 17.4 Å². The summed E-state index contributed by atoms with van der Waals surface area (Å²) in [6.07, 6.45) is 1.95. The van der Waals surface area contributed by atoms with E-state index in [2.05, 4.69) is 18.3 Å². The second kappa shape index (κ2) is 6.72. The summed E-state index contributed by atoms with van der Waals surface area (Å²) in [4.78, 5) is 17.8. The molecule has 2 heterocycles. The van der Waals surface area contributed by atoms with Gasteiger partial charge in [-0.1, -0.05) is 42.5 Å². The van der Waals surface area contributed by atoms with Crippen molar-refractivity contribution in [3.8, 4) is 11.3 Å². The Morgan fingerprint density at radius 3 is 2.37 bits per heavy atom. The molecule has 0 fully saturated rings. The summed E-state index contributed by atoms with van der Waals surface area (Å²) in [5.74, 6) is 0.554. The van der Waals surface area contributed by atoms with Crippen molar-refractivity contribution in [2.45, 2.75) is 20.8 Å². The van der Waals surface area contributed by atoms with Gasteiger partial charge in [0.25, 0.3) is 5.91 Å². The third-order valence-electron chi connectivity index (χ3n) is 4.80. The molecule has 0 unspecified atom stereocenters. The number of hydrogen-bond donors (Lipinski definition) is 1. The second-order valence-corrected chi connectivity index (χ2v) is 6.83. The summed E-state index contributed by atoms with van der Waals surface area (Å²) in [6.45, 7) is 6.03. The molecule has 0 aliphatic carbocycles. The van der Waals surface area contributed by atoms with Crippen LogP contribution in [0.1, 0.15) is 27.0 Å². The van der Waals surface area contributed by atoms with Crippen molar-refractivity contribution in [3.05, 3.63) is 89.1 Å². The van der Waals surface area contributed by atoms with Crippen LogP contribution in [0, 0.1) is 20.8 Å². The molecule has 1 N–H and O–H groups in total. The molecule has 0 saturated heterocycles. The molecule has 4 rings (SSSR count). The van der Waals surface area contributed by atoms with Gasteiger partial charge in [-0.2, -0.15) is 0 Å². The minimum Gasteiger partial charge on any atom is -0.306 e. The Balaban J connectivity index is 1.88. The molecule has 0 aliphatic heterocycles. The third kappa shape index (κ3) is 3.10. The van der Waals surface area contributed by atoms with Crippen LogP contribution >= 0.6 is 0 Å². The quantitative estimate of drug-likeness (QED) is 0.550. The highest BCUT2D eigenvalue weighted by atomic mass is 16.1. The lowest BCUT2D eigenvalue weighted by molar-refractivity contribution is 0.102. The number of aryl methyl sites for hydroxylation is 3. The van der Waals surface area contributed by atoms with E-state index in [0.29, 0.717) is 11.4 Å². The van der Waals surface area contributed by atoms with Gasteiger partial charge in [0.2, 0.25) is 0 Å². The van der Waals surface area contributed by atoms with E-state index in [4.69, 9.17) is 4.98 Å². The summed E-state index contributed by atoms with van der Waals surface area (Å²) in [5.41, 5.74) is 6.45. The highest BCUT2D eigenvalue weighted by molar-refractivity contribution is 6.06. The molecule has 1 amide bonds. The molecule has 0 radical (unpaired) electrons. The van der Waals surface area contributed by atoms with E-state index >= 15 is 0 Å². The highest BCUT2D eigenvalue weighted by Crippen LogP contribution is 2.31. The Morgan fingerprint density at radius 1 is 0.926 bits per heavy atom. The fourth-order valence-corrected chi connectivity index (χ4v) is 3.29. The largest absolute Gasteiger partial charge is 0.306 e. The number of pyridine rings is 1. The number of nitrogens with zero attached hydrogens (tertiary/aromatic N) is 2. The Labute approximate surface area is 158 Å². The monoisotopic (exact) mass is 355 g/mol. The van der Waals surface area contributed by atoms with E-state index in [-0.39, 0.29) is 5.91 Å². The number of aromatic nitrogens is 2. The third-order valence-corrected chi connectivity index (χ3v) is 4.80. The molecule has 0 spiro atoms. The summed E-state index contributed by atoms with van der Waals surface area (Å²) in [6, 6.07) is 19.7. The fourth-order valence-electron chi connectivity index (χ4n) is 3.29. The maximum atomic E-state index is 13.0. The number of carbonyl (C=O) groups excluding carboxylic acids is 1. The first kappa shape index (κ1) is 17.0. The smallest absolute Gasteiger partial charge is 0.257 e. The van der Waals surface area contributed by atoms with E-state index in [1.165, 1.54) is 0 Å². The van der Waals surface area contributed by atoms with Crippen LogP contribution in [0.4, 0.5) is 5.82 Å². The lowest BCUT2D eigenvalue weighted by atomic mass is 10.1. The fraction of sp³-hybridized carbons (Fsp3) is 0.130. The van der Waals surface area contributed by atoms with Crippen LogP contribution < -0.4 is 5.32 Å². The van der Waals surface area contributed by atoms with Crippen molar-refractivity contribution < 1.29 is 4.79 Å². The molecule has 4 nitrogen and oxygen atoms in total.